The highest BCUT2D eigenvalue weighted by atomic mass is 28.4. The Morgan fingerprint density at radius 2 is 1.59 bits per heavy atom. The van der Waals surface area contributed by atoms with E-state index in [0.29, 0.717) is 5.54 Å². The fraction of sp³-hybridized carbons (Fsp3) is 0.571. The lowest BCUT2D eigenvalue weighted by molar-refractivity contribution is 0.180. The van der Waals surface area contributed by atoms with Crippen molar-refractivity contribution >= 4 is 8.56 Å². The highest BCUT2D eigenvalue weighted by Gasteiger charge is 2.37. The Kier molecular flexibility index (Phi) is 5.89. The zero-order valence-corrected chi connectivity index (χ0v) is 12.4. The van der Waals surface area contributed by atoms with Crippen LogP contribution in [0.3, 0.4) is 0 Å². The van der Waals surface area contributed by atoms with Gasteiger partial charge in [0.05, 0.1) is 0 Å². The molecule has 0 spiro atoms. The second kappa shape index (κ2) is 6.94. The first-order chi connectivity index (χ1) is 8.12. The van der Waals surface area contributed by atoms with E-state index in [1.165, 1.54) is 5.56 Å². The number of hydrogen-bond acceptors (Lipinski definition) is 2. The summed E-state index contributed by atoms with van der Waals surface area (Å²) in [6.45, 7) is 9.97. The van der Waals surface area contributed by atoms with Crippen LogP contribution >= 0.6 is 0 Å². The molecule has 0 saturated carbocycles. The van der Waals surface area contributed by atoms with Crippen LogP contribution < -0.4 is 0 Å². The molecule has 0 radical (unpaired) electrons. The molecular weight excluding hydrogens is 228 g/mol. The fourth-order valence-corrected chi connectivity index (χ4v) is 4.46. The van der Waals surface area contributed by atoms with Gasteiger partial charge in [0.2, 0.25) is 0 Å². The van der Waals surface area contributed by atoms with Crippen molar-refractivity contribution in [3.63, 3.8) is 0 Å². The average molecular weight is 252 g/mol. The molecule has 0 fully saturated rings. The molecule has 0 N–H and O–H groups in total. The number of hydrogen-bond donors (Lipinski definition) is 0. The first-order valence-corrected chi connectivity index (χ1v) is 8.83. The lowest BCUT2D eigenvalue weighted by atomic mass is 10.1. The maximum Gasteiger partial charge on any atom is 0.338 e. The second-order valence-corrected chi connectivity index (χ2v) is 8.07. The number of benzene rings is 1. The normalized spacial score (nSPS) is 13.6. The van der Waals surface area contributed by atoms with Crippen LogP contribution in [0.15, 0.2) is 30.3 Å². The van der Waals surface area contributed by atoms with Gasteiger partial charge in [-0.05, 0) is 32.4 Å². The monoisotopic (exact) mass is 252 g/mol. The summed E-state index contributed by atoms with van der Waals surface area (Å²) in [4.78, 5) is 0. The van der Waals surface area contributed by atoms with Crippen LogP contribution in [0, 0.1) is 0 Å². The molecule has 0 aliphatic heterocycles. The Labute approximate surface area is 106 Å². The molecule has 1 rings (SSSR count). The van der Waals surface area contributed by atoms with Crippen LogP contribution in [0.25, 0.3) is 0 Å². The van der Waals surface area contributed by atoms with E-state index >= 15 is 0 Å². The van der Waals surface area contributed by atoms with E-state index in [2.05, 4.69) is 43.8 Å². The molecule has 96 valence electrons. The van der Waals surface area contributed by atoms with Gasteiger partial charge in [-0.25, -0.2) is 0 Å². The van der Waals surface area contributed by atoms with Crippen LogP contribution in [-0.2, 0) is 15.3 Å². The van der Waals surface area contributed by atoms with Crippen molar-refractivity contribution in [2.45, 2.75) is 39.3 Å². The van der Waals surface area contributed by atoms with Crippen LogP contribution in [0.1, 0.15) is 26.3 Å². The van der Waals surface area contributed by atoms with E-state index in [4.69, 9.17) is 8.85 Å². The van der Waals surface area contributed by atoms with Gasteiger partial charge in [0.15, 0.2) is 0 Å². The number of rotatable bonds is 7. The summed E-state index contributed by atoms with van der Waals surface area (Å²) in [5.74, 6) is 0. The Bertz CT molecular complexity index is 307. The third kappa shape index (κ3) is 4.26. The predicted molar refractivity (Wildman–Crippen MR) is 74.4 cm³/mol. The average Bonchev–Trinajstić information content (AvgIpc) is 2.31. The zero-order valence-electron chi connectivity index (χ0n) is 11.4. The van der Waals surface area contributed by atoms with Crippen molar-refractivity contribution in [2.24, 2.45) is 0 Å². The lowest BCUT2D eigenvalue weighted by Crippen LogP contribution is -2.43. The summed E-state index contributed by atoms with van der Waals surface area (Å²) in [6.07, 6.45) is 1.03. The molecule has 0 aromatic heterocycles. The molecule has 0 amide bonds. The van der Waals surface area contributed by atoms with E-state index in [1.807, 2.05) is 13.8 Å². The maximum absolute atomic E-state index is 5.92. The van der Waals surface area contributed by atoms with E-state index in [1.54, 1.807) is 0 Å². The van der Waals surface area contributed by atoms with E-state index in [-0.39, 0.29) is 0 Å². The van der Waals surface area contributed by atoms with Crippen LogP contribution in [-0.4, -0.2) is 21.8 Å². The third-order valence-corrected chi connectivity index (χ3v) is 6.86. The second-order valence-electron chi connectivity index (χ2n) is 4.47. The predicted octanol–water partition coefficient (Wildman–Crippen LogP) is 3.76. The van der Waals surface area contributed by atoms with Gasteiger partial charge >= 0.3 is 8.56 Å². The maximum atomic E-state index is 5.92. The van der Waals surface area contributed by atoms with Crippen LogP contribution in [0.4, 0.5) is 0 Å². The summed E-state index contributed by atoms with van der Waals surface area (Å²) < 4.78 is 11.8. The molecule has 0 heterocycles. The van der Waals surface area contributed by atoms with Gasteiger partial charge in [-0.1, -0.05) is 37.3 Å². The van der Waals surface area contributed by atoms with Gasteiger partial charge in [-0.15, -0.1) is 0 Å². The minimum absolute atomic E-state index is 0.463. The van der Waals surface area contributed by atoms with E-state index < -0.39 is 8.56 Å². The first-order valence-electron chi connectivity index (χ1n) is 6.44. The Balaban J connectivity index is 2.68. The Hall–Kier alpha value is -0.643. The van der Waals surface area contributed by atoms with Gasteiger partial charge in [0.25, 0.3) is 0 Å². The van der Waals surface area contributed by atoms with Gasteiger partial charge in [-0.2, -0.15) is 0 Å². The zero-order chi connectivity index (χ0) is 12.7. The van der Waals surface area contributed by atoms with Crippen molar-refractivity contribution in [3.8, 4) is 0 Å². The van der Waals surface area contributed by atoms with E-state index in [9.17, 15) is 0 Å². The summed E-state index contributed by atoms with van der Waals surface area (Å²) in [5.41, 5.74) is 1.82. The van der Waals surface area contributed by atoms with Crippen molar-refractivity contribution in [2.75, 3.05) is 13.2 Å². The quantitative estimate of drug-likeness (QED) is 0.688. The van der Waals surface area contributed by atoms with Gasteiger partial charge in [0.1, 0.15) is 0 Å². The van der Waals surface area contributed by atoms with Gasteiger partial charge in [0, 0.05) is 18.8 Å². The molecule has 1 atom stereocenters. The fourth-order valence-electron chi connectivity index (χ4n) is 2.05. The molecular formula is C14H24O2Si. The molecule has 1 unspecified atom stereocenters. The Morgan fingerprint density at radius 1 is 1.06 bits per heavy atom. The standard InChI is InChI=1S/C14H24O2Si/c1-5-15-17(4,16-6-2)13(3)12-14-10-8-7-9-11-14/h7-11,13H,5-6,12H2,1-4H3. The summed E-state index contributed by atoms with van der Waals surface area (Å²) in [7, 11) is -2.04. The van der Waals surface area contributed by atoms with Gasteiger partial charge in [-0.3, -0.25) is 0 Å². The molecule has 1 aromatic rings. The van der Waals surface area contributed by atoms with Crippen molar-refractivity contribution in [1.82, 2.24) is 0 Å². The van der Waals surface area contributed by atoms with Crippen molar-refractivity contribution in [1.29, 1.82) is 0 Å². The minimum Gasteiger partial charge on any atom is -0.394 e. The molecule has 0 aliphatic rings. The molecule has 3 heteroatoms. The first kappa shape index (κ1) is 14.4. The molecule has 2 nitrogen and oxygen atoms in total. The van der Waals surface area contributed by atoms with Crippen molar-refractivity contribution < 1.29 is 8.85 Å². The highest BCUT2D eigenvalue weighted by Crippen LogP contribution is 2.27. The van der Waals surface area contributed by atoms with Crippen LogP contribution in [0.5, 0.6) is 0 Å². The minimum atomic E-state index is -2.04. The van der Waals surface area contributed by atoms with Gasteiger partial charge < -0.3 is 8.85 Å². The molecule has 0 bridgehead atoms. The van der Waals surface area contributed by atoms with Crippen molar-refractivity contribution in [3.05, 3.63) is 35.9 Å². The summed E-state index contributed by atoms with van der Waals surface area (Å²) in [5, 5.41) is 0. The molecule has 17 heavy (non-hydrogen) atoms. The lowest BCUT2D eigenvalue weighted by Gasteiger charge is -2.31. The largest absolute Gasteiger partial charge is 0.394 e. The van der Waals surface area contributed by atoms with Crippen LogP contribution in [0.2, 0.25) is 12.1 Å². The molecule has 0 aliphatic carbocycles. The highest BCUT2D eigenvalue weighted by molar-refractivity contribution is 6.67. The smallest absolute Gasteiger partial charge is 0.338 e. The topological polar surface area (TPSA) is 18.5 Å². The Morgan fingerprint density at radius 3 is 2.06 bits per heavy atom. The molecule has 1 aromatic carbocycles. The summed E-state index contributed by atoms with van der Waals surface area (Å²) >= 11 is 0. The SMILES string of the molecule is CCO[Si](C)(OCC)C(C)Cc1ccccc1. The summed E-state index contributed by atoms with van der Waals surface area (Å²) in [6, 6.07) is 10.6. The van der Waals surface area contributed by atoms with E-state index in [0.717, 1.165) is 19.6 Å². The third-order valence-electron chi connectivity index (χ3n) is 3.14. The molecule has 0 saturated heterocycles.